The lowest BCUT2D eigenvalue weighted by molar-refractivity contribution is 0.498. The summed E-state index contributed by atoms with van der Waals surface area (Å²) in [6.45, 7) is 7.05. The molecule has 0 saturated heterocycles. The van der Waals surface area contributed by atoms with Crippen molar-refractivity contribution >= 4 is 72.1 Å². The Morgan fingerprint density at radius 1 is 0.379 bits per heavy atom. The van der Waals surface area contributed by atoms with Gasteiger partial charge in [-0.1, -0.05) is 214 Å². The Morgan fingerprint density at radius 3 is 1.61 bits per heavy atom. The summed E-state index contributed by atoms with van der Waals surface area (Å²) in [4.78, 5) is 2.52. The van der Waals surface area contributed by atoms with Crippen molar-refractivity contribution in [2.45, 2.75) is 43.4 Å². The summed E-state index contributed by atoms with van der Waals surface area (Å²) in [5.74, 6) is 0.0960. The Balaban J connectivity index is 0.828. The molecule has 1 atom stereocenters. The highest BCUT2D eigenvalue weighted by Gasteiger charge is 2.61. The molecule has 0 N–H and O–H groups in total. The molecule has 14 aromatic rings. The minimum Gasteiger partial charge on any atom is -0.456 e. The van der Waals surface area contributed by atoms with Crippen LogP contribution in [0.25, 0.3) is 99.5 Å². The van der Waals surface area contributed by atoms with Gasteiger partial charge in [0.1, 0.15) is 22.3 Å². The molecule has 2 aromatic heterocycles. The molecule has 3 heteroatoms. The van der Waals surface area contributed by atoms with Gasteiger partial charge in [0.25, 0.3) is 0 Å². The smallest absolute Gasteiger partial charge is 0.143 e. The molecular weight excluding hydrogens is 1050 g/mol. The second-order valence-electron chi connectivity index (χ2n) is 25.7. The number of para-hydroxylation sites is 3. The zero-order chi connectivity index (χ0) is 57.2. The first-order valence-corrected chi connectivity index (χ1v) is 30.8. The van der Waals surface area contributed by atoms with Crippen molar-refractivity contribution in [3.8, 4) is 44.5 Å². The Kier molecular flexibility index (Phi) is 9.18. The summed E-state index contributed by atoms with van der Waals surface area (Å²) in [5.41, 5.74) is 34.7. The van der Waals surface area contributed by atoms with Crippen LogP contribution in [0.3, 0.4) is 0 Å². The number of furan rings is 2. The van der Waals surface area contributed by atoms with E-state index in [1.165, 1.54) is 133 Å². The van der Waals surface area contributed by atoms with Crippen molar-refractivity contribution in [1.82, 2.24) is 0 Å². The molecular formula is C84H55NO2. The lowest BCUT2D eigenvalue weighted by Crippen LogP contribution is -2.34. The highest BCUT2D eigenvalue weighted by Crippen LogP contribution is 2.72. The van der Waals surface area contributed by atoms with E-state index in [1.54, 1.807) is 0 Å². The van der Waals surface area contributed by atoms with E-state index in [0.717, 1.165) is 56.8 Å². The normalized spacial score (nSPS) is 16.8. The number of fused-ring (bicyclic) bond motifs is 30. The van der Waals surface area contributed by atoms with Crippen LogP contribution in [0, 0.1) is 12.8 Å². The van der Waals surface area contributed by atoms with Crippen LogP contribution in [0.1, 0.15) is 81.5 Å². The quantitative estimate of drug-likeness (QED) is 0.176. The van der Waals surface area contributed by atoms with Crippen molar-refractivity contribution in [1.29, 1.82) is 0 Å². The van der Waals surface area contributed by atoms with E-state index in [0.29, 0.717) is 0 Å². The van der Waals surface area contributed by atoms with Gasteiger partial charge in [-0.3, -0.25) is 0 Å². The monoisotopic (exact) mass is 1110 g/mol. The summed E-state index contributed by atoms with van der Waals surface area (Å²) in [6, 6.07) is 96.1. The summed E-state index contributed by atoms with van der Waals surface area (Å²) in [5, 5.41) is 4.72. The van der Waals surface area contributed by atoms with Crippen LogP contribution < -0.4 is 4.90 Å². The van der Waals surface area contributed by atoms with E-state index in [-0.39, 0.29) is 11.3 Å². The third kappa shape index (κ3) is 5.79. The summed E-state index contributed by atoms with van der Waals surface area (Å²) in [6.07, 6.45) is 3.57. The van der Waals surface area contributed by atoms with Crippen LogP contribution >= 0.6 is 0 Å². The molecule has 1 unspecified atom stereocenters. The molecule has 408 valence electrons. The van der Waals surface area contributed by atoms with Gasteiger partial charge in [0, 0.05) is 55.5 Å². The molecule has 2 heterocycles. The number of nitrogens with zero attached hydrogens (tertiary/aromatic N) is 1. The van der Waals surface area contributed by atoms with Crippen LogP contribution in [0.4, 0.5) is 17.1 Å². The minimum atomic E-state index is -0.614. The van der Waals surface area contributed by atoms with E-state index in [4.69, 9.17) is 8.83 Å². The maximum absolute atomic E-state index is 6.93. The molecule has 6 aliphatic rings. The largest absolute Gasteiger partial charge is 0.456 e. The maximum Gasteiger partial charge on any atom is 0.143 e. The number of allylic oxidation sites excluding steroid dienone is 4. The standard InChI is InChI=1S/C84H55NO2/c1-48-21-7-8-24-52(48)62-46-73-77(80-60-30-14-20-36-75(60)87-81(62)80)58-40-38-50(43-69(58)82(73,2)3)85(49-22-5-4-6-23-49)51-37-39-57-61-45-72-63(47-71(61)84(70(57)44-51)66-33-17-11-27-55(66)56-28-12-18-34-67(56)84)78-68(41-42-76-79(78)59-29-13-19-35-74(59)86-76)83(72)64-31-15-9-25-53(64)54-26-10-16-32-65(54)83/h4-44,46-47,72H,45H2,1-3H3. The van der Waals surface area contributed by atoms with Crippen molar-refractivity contribution in [2.75, 3.05) is 4.90 Å². The molecule has 87 heavy (non-hydrogen) atoms. The summed E-state index contributed by atoms with van der Waals surface area (Å²) < 4.78 is 13.8. The molecule has 0 amide bonds. The Hall–Kier alpha value is -10.5. The number of benzene rings is 12. The molecule has 12 aromatic carbocycles. The van der Waals surface area contributed by atoms with Crippen molar-refractivity contribution in [3.05, 3.63) is 328 Å². The molecule has 2 spiro atoms. The van der Waals surface area contributed by atoms with Crippen LogP contribution in [0.15, 0.2) is 275 Å². The Morgan fingerprint density at radius 2 is 0.931 bits per heavy atom. The highest BCUT2D eigenvalue weighted by atomic mass is 16.3. The summed E-state index contributed by atoms with van der Waals surface area (Å²) >= 11 is 0. The van der Waals surface area contributed by atoms with Gasteiger partial charge in [-0.2, -0.15) is 0 Å². The van der Waals surface area contributed by atoms with E-state index in [1.807, 2.05) is 0 Å². The third-order valence-electron chi connectivity index (χ3n) is 21.5. The number of aryl methyl sites for hydroxylation is 1. The van der Waals surface area contributed by atoms with Gasteiger partial charge < -0.3 is 13.7 Å². The zero-order valence-electron chi connectivity index (χ0n) is 48.4. The summed E-state index contributed by atoms with van der Waals surface area (Å²) in [7, 11) is 0. The average Bonchev–Trinajstić information content (AvgIpc) is 1.50. The Bertz CT molecular complexity index is 5410. The molecule has 0 saturated carbocycles. The van der Waals surface area contributed by atoms with Crippen LogP contribution in [-0.4, -0.2) is 0 Å². The topological polar surface area (TPSA) is 29.5 Å². The highest BCUT2D eigenvalue weighted by molar-refractivity contribution is 6.19. The van der Waals surface area contributed by atoms with E-state index < -0.39 is 10.8 Å². The molecule has 6 aliphatic carbocycles. The molecule has 3 nitrogen and oxygen atoms in total. The minimum absolute atomic E-state index is 0.0960. The van der Waals surface area contributed by atoms with E-state index in [2.05, 4.69) is 287 Å². The van der Waals surface area contributed by atoms with Gasteiger partial charge in [-0.15, -0.1) is 0 Å². The second kappa shape index (κ2) is 16.7. The number of hydrogen-bond acceptors (Lipinski definition) is 3. The van der Waals surface area contributed by atoms with Crippen LogP contribution in [-0.2, 0) is 16.2 Å². The molecule has 20 rings (SSSR count). The molecule has 0 aliphatic heterocycles. The van der Waals surface area contributed by atoms with E-state index >= 15 is 0 Å². The molecule has 0 fully saturated rings. The third-order valence-corrected chi connectivity index (χ3v) is 21.5. The van der Waals surface area contributed by atoms with E-state index in [9.17, 15) is 0 Å². The Labute approximate surface area is 504 Å². The maximum atomic E-state index is 6.93. The first-order chi connectivity index (χ1) is 42.8. The van der Waals surface area contributed by atoms with Gasteiger partial charge in [0.15, 0.2) is 0 Å². The van der Waals surface area contributed by atoms with Crippen LogP contribution in [0.2, 0.25) is 0 Å². The van der Waals surface area contributed by atoms with Gasteiger partial charge in [0.2, 0.25) is 0 Å². The first kappa shape index (κ1) is 47.8. The fourth-order valence-corrected chi connectivity index (χ4v) is 18.1. The van der Waals surface area contributed by atoms with Crippen molar-refractivity contribution < 1.29 is 8.83 Å². The molecule has 0 radical (unpaired) electrons. The average molecular weight is 1110 g/mol. The van der Waals surface area contributed by atoms with Gasteiger partial charge >= 0.3 is 0 Å². The fraction of sp³-hybridized carbons (Fsp3) is 0.0952. The van der Waals surface area contributed by atoms with Crippen LogP contribution in [0.5, 0.6) is 0 Å². The number of rotatable bonds is 4. The molecule has 0 bridgehead atoms. The predicted molar refractivity (Wildman–Crippen MR) is 356 cm³/mol. The van der Waals surface area contributed by atoms with Gasteiger partial charge in [-0.25, -0.2) is 0 Å². The predicted octanol–water partition coefficient (Wildman–Crippen LogP) is 21.8. The van der Waals surface area contributed by atoms with Gasteiger partial charge in [-0.05, 0) is 191 Å². The number of anilines is 3. The van der Waals surface area contributed by atoms with Crippen molar-refractivity contribution in [2.24, 2.45) is 5.92 Å². The number of hydrogen-bond donors (Lipinski definition) is 0. The second-order valence-corrected chi connectivity index (χ2v) is 25.7. The lowest BCUT2D eigenvalue weighted by atomic mass is 9.62. The lowest BCUT2D eigenvalue weighted by Gasteiger charge is -2.39. The fourth-order valence-electron chi connectivity index (χ4n) is 18.1. The van der Waals surface area contributed by atoms with Crippen molar-refractivity contribution in [3.63, 3.8) is 0 Å². The SMILES string of the molecule is Cc1ccccc1-c1cc2c(c3c1oc1ccccc13)-c1ccc(N(c3ccccc3)c3ccc4c(c3)C3(C5=C4CC4C(=C5)c5c(ccc6oc7ccccc7c56)C45c4ccccc4-c4ccccc45)c4ccccc4-c4ccccc43)cc1C2(C)C. The zero-order valence-corrected chi connectivity index (χ0v) is 48.4. The van der Waals surface area contributed by atoms with Gasteiger partial charge in [0.05, 0.1) is 10.8 Å². The first-order valence-electron chi connectivity index (χ1n) is 30.8.